The van der Waals surface area contributed by atoms with Gasteiger partial charge in [-0.15, -0.1) is 0 Å². The molecule has 1 atom stereocenters. The first-order chi connectivity index (χ1) is 14.5. The van der Waals surface area contributed by atoms with E-state index in [1.807, 2.05) is 43.3 Å². The largest absolute Gasteiger partial charge is 0.491 e. The number of rotatable bonds is 7. The number of fused-ring (bicyclic) bond motifs is 1. The fourth-order valence-corrected chi connectivity index (χ4v) is 3.82. The Morgan fingerprint density at radius 3 is 2.40 bits per heavy atom. The Bertz CT molecular complexity index is 1080. The lowest BCUT2D eigenvalue weighted by atomic mass is 9.88. The van der Waals surface area contributed by atoms with E-state index in [2.05, 4.69) is 0 Å². The Kier molecular flexibility index (Phi) is 5.38. The number of carbonyl (C=O) groups excluding carboxylic acids is 2. The van der Waals surface area contributed by atoms with Crippen LogP contribution < -0.4 is 9.64 Å². The normalized spacial score (nSPS) is 17.7. The van der Waals surface area contributed by atoms with E-state index < -0.39 is 11.5 Å². The molecule has 0 saturated carbocycles. The molecule has 3 aromatic rings. The molecule has 1 heterocycles. The van der Waals surface area contributed by atoms with Crippen molar-refractivity contribution in [2.24, 2.45) is 0 Å². The van der Waals surface area contributed by atoms with Crippen LogP contribution in [0.15, 0.2) is 78.9 Å². The predicted molar refractivity (Wildman–Crippen MR) is 115 cm³/mol. The Morgan fingerprint density at radius 2 is 1.63 bits per heavy atom. The highest BCUT2D eigenvalue weighted by molar-refractivity contribution is 6.10. The molecule has 5 nitrogen and oxygen atoms in total. The third kappa shape index (κ3) is 3.60. The molecule has 1 N–H and O–H groups in total. The molecule has 1 amide bonds. The van der Waals surface area contributed by atoms with E-state index in [-0.39, 0.29) is 25.4 Å². The van der Waals surface area contributed by atoms with Gasteiger partial charge < -0.3 is 14.7 Å². The lowest BCUT2D eigenvalue weighted by molar-refractivity contribution is -0.135. The van der Waals surface area contributed by atoms with Crippen LogP contribution in [0.5, 0.6) is 5.75 Å². The Morgan fingerprint density at radius 1 is 0.967 bits per heavy atom. The van der Waals surface area contributed by atoms with Crippen LogP contribution in [0.1, 0.15) is 27.9 Å². The average Bonchev–Trinajstić information content (AvgIpc) is 2.97. The summed E-state index contributed by atoms with van der Waals surface area (Å²) in [4.78, 5) is 27.5. The van der Waals surface area contributed by atoms with Crippen molar-refractivity contribution in [2.75, 3.05) is 18.1 Å². The molecule has 152 valence electrons. The number of carbonyl (C=O) groups is 2. The monoisotopic (exact) mass is 401 g/mol. The van der Waals surface area contributed by atoms with Crippen molar-refractivity contribution >= 4 is 17.4 Å². The summed E-state index contributed by atoms with van der Waals surface area (Å²) in [7, 11) is 0. The number of nitrogens with zero attached hydrogens (tertiary/aromatic N) is 1. The van der Waals surface area contributed by atoms with Crippen molar-refractivity contribution in [1.29, 1.82) is 0 Å². The molecule has 5 heteroatoms. The fraction of sp³-hybridized carbons (Fsp3) is 0.200. The fourth-order valence-electron chi connectivity index (χ4n) is 3.82. The van der Waals surface area contributed by atoms with Gasteiger partial charge in [0.2, 0.25) is 0 Å². The molecule has 1 aliphatic heterocycles. The molecule has 0 fully saturated rings. The first-order valence-corrected chi connectivity index (χ1v) is 9.91. The summed E-state index contributed by atoms with van der Waals surface area (Å²) >= 11 is 0. The zero-order valence-corrected chi connectivity index (χ0v) is 16.7. The predicted octanol–water partition coefficient (Wildman–Crippen LogP) is 3.88. The van der Waals surface area contributed by atoms with Gasteiger partial charge in [0.1, 0.15) is 12.4 Å². The lowest BCUT2D eigenvalue weighted by Gasteiger charge is -2.23. The van der Waals surface area contributed by atoms with Gasteiger partial charge >= 0.3 is 0 Å². The smallest absolute Gasteiger partial charge is 0.264 e. The second kappa shape index (κ2) is 8.13. The van der Waals surface area contributed by atoms with Gasteiger partial charge in [-0.05, 0) is 24.6 Å². The van der Waals surface area contributed by atoms with Crippen molar-refractivity contribution in [3.05, 3.63) is 95.6 Å². The topological polar surface area (TPSA) is 66.8 Å². The van der Waals surface area contributed by atoms with E-state index in [1.165, 1.54) is 4.90 Å². The zero-order chi connectivity index (χ0) is 21.1. The van der Waals surface area contributed by atoms with Gasteiger partial charge in [0, 0.05) is 11.1 Å². The van der Waals surface area contributed by atoms with Crippen molar-refractivity contribution in [2.45, 2.75) is 18.9 Å². The summed E-state index contributed by atoms with van der Waals surface area (Å²) in [5, 5.41) is 11.3. The van der Waals surface area contributed by atoms with Crippen molar-refractivity contribution < 1.29 is 19.4 Å². The van der Waals surface area contributed by atoms with Crippen molar-refractivity contribution in [1.82, 2.24) is 0 Å². The number of Topliss-reactive ketones (excluding diaryl/α,β-unsaturated/α-hetero) is 1. The third-order valence-electron chi connectivity index (χ3n) is 5.42. The number of para-hydroxylation sites is 2. The number of ether oxygens (including phenoxy) is 1. The van der Waals surface area contributed by atoms with Gasteiger partial charge in [0.15, 0.2) is 11.4 Å². The van der Waals surface area contributed by atoms with Gasteiger partial charge in [-0.1, -0.05) is 66.7 Å². The minimum atomic E-state index is -1.88. The molecular weight excluding hydrogens is 378 g/mol. The molecule has 0 bridgehead atoms. The highest BCUT2D eigenvalue weighted by Gasteiger charge is 2.50. The number of ketones is 1. The van der Waals surface area contributed by atoms with E-state index in [1.54, 1.807) is 42.5 Å². The molecule has 1 aliphatic rings. The summed E-state index contributed by atoms with van der Waals surface area (Å²) < 4.78 is 5.84. The molecule has 0 spiro atoms. The molecular formula is C25H23NO4. The van der Waals surface area contributed by atoms with Crippen molar-refractivity contribution in [3.8, 4) is 5.75 Å². The summed E-state index contributed by atoms with van der Waals surface area (Å²) in [5.74, 6) is -0.0208. The van der Waals surface area contributed by atoms with E-state index in [4.69, 9.17) is 4.74 Å². The number of hydrogen-bond donors (Lipinski definition) is 1. The van der Waals surface area contributed by atoms with Gasteiger partial charge in [-0.2, -0.15) is 0 Å². The van der Waals surface area contributed by atoms with Crippen LogP contribution in [0.4, 0.5) is 5.69 Å². The molecule has 4 rings (SSSR count). The molecule has 0 saturated heterocycles. The minimum absolute atomic E-state index is 0.270. The number of aliphatic hydroxyl groups is 1. The number of benzene rings is 3. The molecule has 30 heavy (non-hydrogen) atoms. The third-order valence-corrected chi connectivity index (χ3v) is 5.42. The molecule has 0 radical (unpaired) electrons. The van der Waals surface area contributed by atoms with Crippen LogP contribution in [-0.2, 0) is 10.4 Å². The van der Waals surface area contributed by atoms with Crippen LogP contribution in [0.25, 0.3) is 0 Å². The van der Waals surface area contributed by atoms with Crippen LogP contribution in [0, 0.1) is 6.92 Å². The molecule has 0 aliphatic carbocycles. The quantitative estimate of drug-likeness (QED) is 0.610. The summed E-state index contributed by atoms with van der Waals surface area (Å²) in [5.41, 5.74) is 0.661. The average molecular weight is 401 g/mol. The molecule has 0 aromatic heterocycles. The van der Waals surface area contributed by atoms with E-state index in [9.17, 15) is 14.7 Å². The van der Waals surface area contributed by atoms with E-state index in [0.29, 0.717) is 16.8 Å². The maximum absolute atomic E-state index is 13.2. The van der Waals surface area contributed by atoms with Crippen LogP contribution in [0.2, 0.25) is 0 Å². The Hall–Kier alpha value is -3.44. The van der Waals surface area contributed by atoms with Gasteiger partial charge in [-0.25, -0.2) is 0 Å². The van der Waals surface area contributed by atoms with Crippen LogP contribution in [0.3, 0.4) is 0 Å². The Balaban J connectivity index is 1.54. The highest BCUT2D eigenvalue weighted by Crippen LogP contribution is 2.42. The first-order valence-electron chi connectivity index (χ1n) is 9.91. The van der Waals surface area contributed by atoms with Gasteiger partial charge in [-0.3, -0.25) is 9.59 Å². The number of amides is 1. The lowest BCUT2D eigenvalue weighted by Crippen LogP contribution is -2.43. The van der Waals surface area contributed by atoms with E-state index >= 15 is 0 Å². The summed E-state index contributed by atoms with van der Waals surface area (Å²) in [6.45, 7) is 2.50. The van der Waals surface area contributed by atoms with E-state index in [0.717, 1.165) is 11.3 Å². The first kappa shape index (κ1) is 19.9. The number of aryl methyl sites for hydroxylation is 1. The van der Waals surface area contributed by atoms with Crippen LogP contribution >= 0.6 is 0 Å². The SMILES string of the molecule is Cc1ccccc1OCCN1C(=O)[C@](O)(CC(=O)c2ccccc2)c2ccccc21. The zero-order valence-electron chi connectivity index (χ0n) is 16.7. The number of hydrogen-bond acceptors (Lipinski definition) is 4. The van der Waals surface area contributed by atoms with Gasteiger partial charge in [0.05, 0.1) is 18.7 Å². The van der Waals surface area contributed by atoms with Crippen LogP contribution in [-0.4, -0.2) is 29.9 Å². The second-order valence-electron chi connectivity index (χ2n) is 7.41. The maximum Gasteiger partial charge on any atom is 0.264 e. The van der Waals surface area contributed by atoms with Gasteiger partial charge in [0.25, 0.3) is 5.91 Å². The molecule has 3 aromatic carbocycles. The second-order valence-corrected chi connectivity index (χ2v) is 7.41. The maximum atomic E-state index is 13.2. The van der Waals surface area contributed by atoms with Crippen molar-refractivity contribution in [3.63, 3.8) is 0 Å². The summed E-state index contributed by atoms with van der Waals surface area (Å²) in [6, 6.07) is 23.4. The highest BCUT2D eigenvalue weighted by atomic mass is 16.5. The Labute approximate surface area is 175 Å². The molecule has 0 unspecified atom stereocenters. The summed E-state index contributed by atoms with van der Waals surface area (Å²) in [6.07, 6.45) is -0.304. The number of anilines is 1. The standard InChI is InChI=1S/C25H23NO4/c1-18-9-5-8-14-23(18)30-16-15-26-21-13-7-6-12-20(21)25(29,24(26)28)17-22(27)19-10-3-2-4-11-19/h2-14,29H,15-17H2,1H3/t25-/m0/s1. The minimum Gasteiger partial charge on any atom is -0.491 e.